The second kappa shape index (κ2) is 6.59. The summed E-state index contributed by atoms with van der Waals surface area (Å²) < 4.78 is 38.2. The molecule has 1 aromatic heterocycles. The minimum absolute atomic E-state index is 0.267. The zero-order valence-corrected chi connectivity index (χ0v) is 15.3. The first-order valence-electron chi connectivity index (χ1n) is 7.69. The van der Waals surface area contributed by atoms with Crippen LogP contribution < -0.4 is 9.47 Å². The first kappa shape index (κ1) is 16.3. The zero-order chi connectivity index (χ0) is 16.6. The van der Waals surface area contributed by atoms with Crippen molar-refractivity contribution in [2.45, 2.75) is 15.9 Å². The van der Waals surface area contributed by atoms with Crippen LogP contribution in [0.15, 0.2) is 39.9 Å². The largest absolute Gasteiger partial charge is 0.454 e. The monoisotopic (exact) mass is 383 g/mol. The maximum atomic E-state index is 12.7. The first-order chi connectivity index (χ1) is 11.6. The highest BCUT2D eigenvalue weighted by Gasteiger charge is 2.29. The standard InChI is InChI=1S/C16H17NO4S3/c18-24(19,16-2-1-8-23-16)17-6-5-15(22-9-7-17)12-3-4-13-14(10-12)21-11-20-13/h1-4,8,10,15H,5-7,9,11H2. The molecule has 8 heteroatoms. The lowest BCUT2D eigenvalue weighted by Crippen LogP contribution is -2.32. The van der Waals surface area contributed by atoms with Crippen molar-refractivity contribution < 1.29 is 17.9 Å². The highest BCUT2D eigenvalue weighted by Crippen LogP contribution is 2.40. The van der Waals surface area contributed by atoms with Gasteiger partial charge in [-0.2, -0.15) is 16.1 Å². The molecule has 0 radical (unpaired) electrons. The van der Waals surface area contributed by atoms with Crippen molar-refractivity contribution >= 4 is 33.1 Å². The van der Waals surface area contributed by atoms with E-state index in [1.165, 1.54) is 16.9 Å². The number of nitrogens with zero attached hydrogens (tertiary/aromatic N) is 1. The average Bonchev–Trinajstić information content (AvgIpc) is 3.21. The Morgan fingerprint density at radius 1 is 1.12 bits per heavy atom. The van der Waals surface area contributed by atoms with Crippen molar-refractivity contribution in [1.29, 1.82) is 0 Å². The molecule has 1 aromatic carbocycles. The second-order valence-electron chi connectivity index (χ2n) is 5.60. The van der Waals surface area contributed by atoms with Crippen LogP contribution >= 0.6 is 23.1 Å². The summed E-state index contributed by atoms with van der Waals surface area (Å²) in [6, 6.07) is 9.45. The quantitative estimate of drug-likeness (QED) is 0.814. The third kappa shape index (κ3) is 3.03. The molecule has 4 rings (SSSR count). The van der Waals surface area contributed by atoms with Crippen molar-refractivity contribution in [3.63, 3.8) is 0 Å². The molecule has 0 aliphatic carbocycles. The molecule has 0 spiro atoms. The molecule has 0 bridgehead atoms. The molecule has 1 fully saturated rings. The Labute approximate surface area is 149 Å². The molecule has 2 aliphatic rings. The third-order valence-corrected chi connectivity index (χ3v) is 8.76. The van der Waals surface area contributed by atoms with Crippen LogP contribution in [-0.2, 0) is 10.0 Å². The van der Waals surface area contributed by atoms with Gasteiger partial charge in [-0.05, 0) is 35.6 Å². The van der Waals surface area contributed by atoms with Gasteiger partial charge in [-0.1, -0.05) is 12.1 Å². The highest BCUT2D eigenvalue weighted by molar-refractivity contribution is 7.99. The van der Waals surface area contributed by atoms with Gasteiger partial charge < -0.3 is 9.47 Å². The molecule has 0 saturated carbocycles. The molecule has 3 heterocycles. The van der Waals surface area contributed by atoms with Gasteiger partial charge in [0.2, 0.25) is 6.79 Å². The van der Waals surface area contributed by atoms with Gasteiger partial charge >= 0.3 is 0 Å². The molecule has 1 unspecified atom stereocenters. The lowest BCUT2D eigenvalue weighted by atomic mass is 10.1. The van der Waals surface area contributed by atoms with Crippen molar-refractivity contribution in [2.75, 3.05) is 25.6 Å². The van der Waals surface area contributed by atoms with Crippen LogP contribution in [0.2, 0.25) is 0 Å². The summed E-state index contributed by atoms with van der Waals surface area (Å²) in [7, 11) is -3.36. The van der Waals surface area contributed by atoms with E-state index >= 15 is 0 Å². The van der Waals surface area contributed by atoms with Crippen molar-refractivity contribution in [1.82, 2.24) is 4.31 Å². The van der Waals surface area contributed by atoms with Crippen LogP contribution in [0, 0.1) is 0 Å². The normalized spacial score (nSPS) is 21.6. The number of benzene rings is 1. The number of rotatable bonds is 3. The van der Waals surface area contributed by atoms with Gasteiger partial charge in [-0.3, -0.25) is 0 Å². The zero-order valence-electron chi connectivity index (χ0n) is 12.9. The van der Waals surface area contributed by atoms with Gasteiger partial charge in [0, 0.05) is 24.1 Å². The van der Waals surface area contributed by atoms with Gasteiger partial charge in [0.15, 0.2) is 11.5 Å². The summed E-state index contributed by atoms with van der Waals surface area (Å²) in [5.41, 5.74) is 1.17. The van der Waals surface area contributed by atoms with E-state index in [4.69, 9.17) is 9.47 Å². The van der Waals surface area contributed by atoms with Gasteiger partial charge in [-0.15, -0.1) is 11.3 Å². The Balaban J connectivity index is 1.51. The smallest absolute Gasteiger partial charge is 0.252 e. The van der Waals surface area contributed by atoms with E-state index in [0.29, 0.717) is 17.3 Å². The maximum absolute atomic E-state index is 12.7. The SMILES string of the molecule is O=S(=O)(c1cccs1)N1CCSC(c2ccc3c(c2)OCO3)CC1. The fourth-order valence-corrected chi connectivity index (χ4v) is 6.84. The van der Waals surface area contributed by atoms with Crippen LogP contribution in [0.5, 0.6) is 11.5 Å². The minimum atomic E-state index is -3.36. The van der Waals surface area contributed by atoms with Crippen molar-refractivity contribution in [3.05, 3.63) is 41.3 Å². The Hall–Kier alpha value is -1.22. The maximum Gasteiger partial charge on any atom is 0.252 e. The molecule has 128 valence electrons. The Morgan fingerprint density at radius 3 is 2.83 bits per heavy atom. The van der Waals surface area contributed by atoms with Gasteiger partial charge in [0.1, 0.15) is 4.21 Å². The third-order valence-electron chi connectivity index (χ3n) is 4.16. The van der Waals surface area contributed by atoms with E-state index in [1.54, 1.807) is 33.6 Å². The summed E-state index contributed by atoms with van der Waals surface area (Å²) in [5, 5.41) is 2.07. The van der Waals surface area contributed by atoms with Crippen LogP contribution in [0.3, 0.4) is 0 Å². The van der Waals surface area contributed by atoms with Crippen LogP contribution in [0.25, 0.3) is 0 Å². The summed E-state index contributed by atoms with van der Waals surface area (Å²) in [6.07, 6.45) is 0.787. The average molecular weight is 384 g/mol. The number of sulfonamides is 1. The highest BCUT2D eigenvalue weighted by atomic mass is 32.2. The van der Waals surface area contributed by atoms with Crippen LogP contribution in [0.4, 0.5) is 0 Å². The first-order valence-corrected chi connectivity index (χ1v) is 11.1. The van der Waals surface area contributed by atoms with E-state index in [9.17, 15) is 8.42 Å². The van der Waals surface area contributed by atoms with Gasteiger partial charge in [0.05, 0.1) is 0 Å². The van der Waals surface area contributed by atoms with Gasteiger partial charge in [-0.25, -0.2) is 8.42 Å². The molecule has 0 amide bonds. The molecule has 1 saturated heterocycles. The summed E-state index contributed by atoms with van der Waals surface area (Å²) in [4.78, 5) is 0. The Bertz CT molecular complexity index is 820. The minimum Gasteiger partial charge on any atom is -0.454 e. The lowest BCUT2D eigenvalue weighted by Gasteiger charge is -2.19. The number of thiophene rings is 1. The fraction of sp³-hybridized carbons (Fsp3) is 0.375. The van der Waals surface area contributed by atoms with Crippen molar-refractivity contribution in [2.24, 2.45) is 0 Å². The topological polar surface area (TPSA) is 55.8 Å². The molecule has 2 aromatic rings. The molecule has 5 nitrogen and oxygen atoms in total. The number of ether oxygens (including phenoxy) is 2. The Morgan fingerprint density at radius 2 is 2.00 bits per heavy atom. The lowest BCUT2D eigenvalue weighted by molar-refractivity contribution is 0.174. The molecule has 1 atom stereocenters. The second-order valence-corrected chi connectivity index (χ2v) is 10.0. The van der Waals surface area contributed by atoms with E-state index in [-0.39, 0.29) is 12.0 Å². The predicted molar refractivity (Wildman–Crippen MR) is 95.5 cm³/mol. The molecular formula is C16H17NO4S3. The van der Waals surface area contributed by atoms with Crippen LogP contribution in [0.1, 0.15) is 17.2 Å². The number of fused-ring (bicyclic) bond motifs is 1. The van der Waals surface area contributed by atoms with Crippen molar-refractivity contribution in [3.8, 4) is 11.5 Å². The summed E-state index contributed by atoms with van der Waals surface area (Å²) in [6.45, 7) is 1.35. The van der Waals surface area contributed by atoms with Crippen LogP contribution in [-0.4, -0.2) is 38.4 Å². The van der Waals surface area contributed by atoms with E-state index < -0.39 is 10.0 Å². The fourth-order valence-electron chi connectivity index (χ4n) is 2.91. The van der Waals surface area contributed by atoms with E-state index in [2.05, 4.69) is 6.07 Å². The Kier molecular flexibility index (Phi) is 4.46. The molecule has 2 aliphatic heterocycles. The van der Waals surface area contributed by atoms with Gasteiger partial charge in [0.25, 0.3) is 10.0 Å². The number of hydrogen-bond donors (Lipinski definition) is 0. The molecular weight excluding hydrogens is 366 g/mol. The number of thioether (sulfide) groups is 1. The van der Waals surface area contributed by atoms with E-state index in [0.717, 1.165) is 23.7 Å². The molecule has 0 N–H and O–H groups in total. The van der Waals surface area contributed by atoms with E-state index in [1.807, 2.05) is 12.1 Å². The number of hydrogen-bond acceptors (Lipinski definition) is 6. The molecule has 24 heavy (non-hydrogen) atoms. The summed E-state index contributed by atoms with van der Waals surface area (Å²) in [5.74, 6) is 2.34. The summed E-state index contributed by atoms with van der Waals surface area (Å²) >= 11 is 3.07. The predicted octanol–water partition coefficient (Wildman–Crippen LogP) is 3.35.